The normalized spacial score (nSPS) is 10.5. The molecule has 0 aliphatic carbocycles. The molecule has 0 aliphatic heterocycles. The van der Waals surface area contributed by atoms with E-state index in [1.807, 2.05) is 18.2 Å². The topological polar surface area (TPSA) is 79.4 Å². The average molecular weight is 281 g/mol. The summed E-state index contributed by atoms with van der Waals surface area (Å²) in [5, 5.41) is 9.26. The minimum atomic E-state index is -1.26. The third-order valence-electron chi connectivity index (χ3n) is 3.08. The molecule has 3 aromatic rings. The van der Waals surface area contributed by atoms with Crippen LogP contribution in [0.15, 0.2) is 59.5 Å². The lowest BCUT2D eigenvalue weighted by atomic mass is 10.1. The summed E-state index contributed by atoms with van der Waals surface area (Å²) in [6.07, 6.45) is 1.19. The first-order valence-corrected chi connectivity index (χ1v) is 6.27. The third-order valence-corrected chi connectivity index (χ3v) is 3.08. The van der Waals surface area contributed by atoms with Crippen LogP contribution in [0.5, 0.6) is 11.5 Å². The molecule has 1 heterocycles. The second-order valence-corrected chi connectivity index (χ2v) is 4.43. The molecule has 0 bridgehead atoms. The lowest BCUT2D eigenvalue weighted by Gasteiger charge is -2.08. The van der Waals surface area contributed by atoms with Crippen LogP contribution in [0.1, 0.15) is 10.4 Å². The summed E-state index contributed by atoms with van der Waals surface area (Å²) >= 11 is 0. The first-order chi connectivity index (χ1) is 10.2. The highest BCUT2D eigenvalue weighted by Crippen LogP contribution is 2.27. The van der Waals surface area contributed by atoms with Gasteiger partial charge in [0.1, 0.15) is 11.3 Å². The fraction of sp³-hybridized carbons (Fsp3) is 0. The molecule has 0 atom stereocenters. The summed E-state index contributed by atoms with van der Waals surface area (Å²) < 4.78 is 5.73. The number of carbonyl (C=O) groups is 1. The molecule has 5 nitrogen and oxygen atoms in total. The highest BCUT2D eigenvalue weighted by molar-refractivity contribution is 5.93. The smallest absolute Gasteiger partial charge is 0.341 e. The van der Waals surface area contributed by atoms with Crippen LogP contribution in [0, 0.1) is 0 Å². The third kappa shape index (κ3) is 2.36. The van der Waals surface area contributed by atoms with Crippen LogP contribution in [0.2, 0.25) is 0 Å². The van der Waals surface area contributed by atoms with E-state index in [0.29, 0.717) is 17.0 Å². The number of aromatic nitrogens is 1. The number of rotatable bonds is 3. The Morgan fingerprint density at radius 1 is 1.05 bits per heavy atom. The van der Waals surface area contributed by atoms with Gasteiger partial charge < -0.3 is 14.8 Å². The Morgan fingerprint density at radius 2 is 1.81 bits per heavy atom. The molecule has 2 aromatic carbocycles. The summed E-state index contributed by atoms with van der Waals surface area (Å²) in [5.74, 6) is -0.159. The van der Waals surface area contributed by atoms with E-state index in [1.165, 1.54) is 6.20 Å². The minimum Gasteiger partial charge on any atom is -0.477 e. The number of aromatic carboxylic acids is 1. The van der Waals surface area contributed by atoms with E-state index in [0.717, 1.165) is 0 Å². The van der Waals surface area contributed by atoms with Crippen molar-refractivity contribution < 1.29 is 14.6 Å². The van der Waals surface area contributed by atoms with Crippen molar-refractivity contribution in [2.45, 2.75) is 0 Å². The van der Waals surface area contributed by atoms with Crippen molar-refractivity contribution in [3.05, 3.63) is 70.5 Å². The number of fused-ring (bicyclic) bond motifs is 1. The van der Waals surface area contributed by atoms with Crippen LogP contribution in [0.25, 0.3) is 10.9 Å². The fourth-order valence-electron chi connectivity index (χ4n) is 2.08. The Kier molecular flexibility index (Phi) is 3.16. The van der Waals surface area contributed by atoms with Gasteiger partial charge in [-0.15, -0.1) is 0 Å². The second-order valence-electron chi connectivity index (χ2n) is 4.43. The Hall–Kier alpha value is -3.08. The van der Waals surface area contributed by atoms with Gasteiger partial charge in [0, 0.05) is 6.20 Å². The minimum absolute atomic E-state index is 0.281. The standard InChI is InChI=1S/C16H11NO4/c18-15-11-7-4-8-13(21-10-5-2-1-3-6-10)14(11)17-9-12(15)16(19)20/h1-9H,(H,17,18)(H,19,20). The van der Waals surface area contributed by atoms with Gasteiger partial charge in [-0.1, -0.05) is 24.3 Å². The number of aromatic amines is 1. The zero-order valence-electron chi connectivity index (χ0n) is 10.9. The van der Waals surface area contributed by atoms with Crippen LogP contribution in [-0.4, -0.2) is 16.1 Å². The summed E-state index contributed by atoms with van der Waals surface area (Å²) in [6, 6.07) is 14.1. The first-order valence-electron chi connectivity index (χ1n) is 6.27. The maximum Gasteiger partial charge on any atom is 0.341 e. The summed E-state index contributed by atoms with van der Waals surface area (Å²) in [6.45, 7) is 0. The van der Waals surface area contributed by atoms with Gasteiger partial charge in [-0.2, -0.15) is 0 Å². The van der Waals surface area contributed by atoms with Gasteiger partial charge in [0.15, 0.2) is 5.75 Å². The quantitative estimate of drug-likeness (QED) is 0.773. The lowest BCUT2D eigenvalue weighted by molar-refractivity contribution is 0.0695. The van der Waals surface area contributed by atoms with Crippen molar-refractivity contribution in [1.82, 2.24) is 4.98 Å². The number of benzene rings is 2. The van der Waals surface area contributed by atoms with Crippen LogP contribution >= 0.6 is 0 Å². The fourth-order valence-corrected chi connectivity index (χ4v) is 2.08. The zero-order valence-corrected chi connectivity index (χ0v) is 10.9. The number of hydrogen-bond acceptors (Lipinski definition) is 3. The molecule has 0 spiro atoms. The van der Waals surface area contributed by atoms with E-state index >= 15 is 0 Å². The predicted octanol–water partition coefficient (Wildman–Crippen LogP) is 3.02. The number of para-hydroxylation sites is 2. The summed E-state index contributed by atoms with van der Waals surface area (Å²) in [7, 11) is 0. The molecule has 104 valence electrons. The van der Waals surface area contributed by atoms with Crippen molar-refractivity contribution in [2.75, 3.05) is 0 Å². The van der Waals surface area contributed by atoms with Crippen LogP contribution < -0.4 is 10.2 Å². The molecule has 0 radical (unpaired) electrons. The van der Waals surface area contributed by atoms with Crippen LogP contribution in [0.4, 0.5) is 0 Å². The molecule has 0 aliphatic rings. The number of carboxylic acid groups (broad SMARTS) is 1. The highest BCUT2D eigenvalue weighted by atomic mass is 16.5. The van der Waals surface area contributed by atoms with Gasteiger partial charge >= 0.3 is 5.97 Å². The van der Waals surface area contributed by atoms with E-state index in [4.69, 9.17) is 9.84 Å². The van der Waals surface area contributed by atoms with Crippen LogP contribution in [0.3, 0.4) is 0 Å². The van der Waals surface area contributed by atoms with E-state index in [-0.39, 0.29) is 10.9 Å². The lowest BCUT2D eigenvalue weighted by Crippen LogP contribution is -2.15. The number of H-pyrrole nitrogens is 1. The predicted molar refractivity (Wildman–Crippen MR) is 78.0 cm³/mol. The van der Waals surface area contributed by atoms with Gasteiger partial charge in [-0.05, 0) is 24.3 Å². The number of nitrogens with one attached hydrogen (secondary N) is 1. The van der Waals surface area contributed by atoms with Crippen LogP contribution in [-0.2, 0) is 0 Å². The van der Waals surface area contributed by atoms with Crippen molar-refractivity contribution in [3.63, 3.8) is 0 Å². The van der Waals surface area contributed by atoms with Crippen molar-refractivity contribution >= 4 is 16.9 Å². The van der Waals surface area contributed by atoms with E-state index < -0.39 is 11.4 Å². The Morgan fingerprint density at radius 3 is 2.52 bits per heavy atom. The molecule has 21 heavy (non-hydrogen) atoms. The molecule has 0 saturated carbocycles. The number of carboxylic acids is 1. The molecule has 0 amide bonds. The molecule has 3 rings (SSSR count). The van der Waals surface area contributed by atoms with E-state index in [2.05, 4.69) is 4.98 Å². The van der Waals surface area contributed by atoms with Gasteiger partial charge in [-0.3, -0.25) is 4.79 Å². The highest BCUT2D eigenvalue weighted by Gasteiger charge is 2.13. The molecular weight excluding hydrogens is 270 g/mol. The van der Waals surface area contributed by atoms with Gasteiger partial charge in [-0.25, -0.2) is 4.79 Å². The SMILES string of the molecule is O=C(O)c1c[nH]c2c(Oc3ccccc3)cccc2c1=O. The number of pyridine rings is 1. The van der Waals surface area contributed by atoms with Crippen molar-refractivity contribution in [3.8, 4) is 11.5 Å². The first kappa shape index (κ1) is 12.9. The Bertz CT molecular complexity index is 868. The molecule has 0 saturated heterocycles. The van der Waals surface area contributed by atoms with Gasteiger partial charge in [0.2, 0.25) is 5.43 Å². The molecule has 2 N–H and O–H groups in total. The van der Waals surface area contributed by atoms with Gasteiger partial charge in [0.05, 0.1) is 10.9 Å². The van der Waals surface area contributed by atoms with Gasteiger partial charge in [0.25, 0.3) is 0 Å². The average Bonchev–Trinajstić information content (AvgIpc) is 2.49. The zero-order chi connectivity index (χ0) is 14.8. The van der Waals surface area contributed by atoms with E-state index in [9.17, 15) is 9.59 Å². The summed E-state index contributed by atoms with van der Waals surface area (Å²) in [4.78, 5) is 25.9. The molecule has 1 aromatic heterocycles. The van der Waals surface area contributed by atoms with Crippen molar-refractivity contribution in [1.29, 1.82) is 0 Å². The maximum atomic E-state index is 12.1. The Labute approximate surface area is 119 Å². The van der Waals surface area contributed by atoms with Crippen molar-refractivity contribution in [2.24, 2.45) is 0 Å². The molecule has 5 heteroatoms. The molecular formula is C16H11NO4. The molecule has 0 unspecified atom stereocenters. The molecule has 0 fully saturated rings. The summed E-state index contributed by atoms with van der Waals surface area (Å²) in [5.41, 5.74) is -0.356. The maximum absolute atomic E-state index is 12.1. The monoisotopic (exact) mass is 281 g/mol. The van der Waals surface area contributed by atoms with E-state index in [1.54, 1.807) is 30.3 Å². The number of ether oxygens (including phenoxy) is 1. The second kappa shape index (κ2) is 5.13. The largest absolute Gasteiger partial charge is 0.477 e. The Balaban J connectivity index is 2.15. The number of hydrogen-bond donors (Lipinski definition) is 2.